The van der Waals surface area contributed by atoms with Crippen molar-refractivity contribution in [2.75, 3.05) is 11.5 Å². The first-order chi connectivity index (χ1) is 11.5. The number of carbonyl (C=O) groups is 2. The molecule has 0 aromatic heterocycles. The topological polar surface area (TPSA) is 58.6 Å². The SMILES string of the molecule is C=C(C)[C@H]1OCC[C@H]1C(=O)N[C@H]1C[C@@H](C)N(c2ccccc2)C1=O. The molecule has 0 aliphatic carbocycles. The van der Waals surface area contributed by atoms with E-state index < -0.39 is 6.04 Å². The van der Waals surface area contributed by atoms with Gasteiger partial charge in [0.2, 0.25) is 11.8 Å². The monoisotopic (exact) mass is 328 g/mol. The fourth-order valence-corrected chi connectivity index (χ4v) is 3.65. The average Bonchev–Trinajstić information content (AvgIpc) is 3.14. The third-order valence-corrected chi connectivity index (χ3v) is 4.82. The van der Waals surface area contributed by atoms with Crippen LogP contribution in [0.4, 0.5) is 5.69 Å². The summed E-state index contributed by atoms with van der Waals surface area (Å²) < 4.78 is 5.60. The molecule has 1 aromatic rings. The minimum absolute atomic E-state index is 0.0483. The van der Waals surface area contributed by atoms with Gasteiger partial charge in [-0.2, -0.15) is 0 Å². The van der Waals surface area contributed by atoms with Gasteiger partial charge in [0.15, 0.2) is 0 Å². The van der Waals surface area contributed by atoms with Crippen molar-refractivity contribution in [3.05, 3.63) is 42.5 Å². The number of ether oxygens (including phenoxy) is 1. The Hall–Kier alpha value is -2.14. The van der Waals surface area contributed by atoms with Gasteiger partial charge in [-0.3, -0.25) is 9.59 Å². The predicted octanol–water partition coefficient (Wildman–Crippen LogP) is 2.28. The Balaban J connectivity index is 1.69. The molecule has 0 saturated carbocycles. The van der Waals surface area contributed by atoms with E-state index >= 15 is 0 Å². The molecule has 0 radical (unpaired) electrons. The van der Waals surface area contributed by atoms with E-state index in [0.717, 1.165) is 11.3 Å². The van der Waals surface area contributed by atoms with Crippen LogP contribution in [0.25, 0.3) is 0 Å². The van der Waals surface area contributed by atoms with Crippen LogP contribution in [0.1, 0.15) is 26.7 Å². The minimum Gasteiger partial charge on any atom is -0.373 e. The molecule has 2 aliphatic rings. The summed E-state index contributed by atoms with van der Waals surface area (Å²) in [6, 6.07) is 9.16. The largest absolute Gasteiger partial charge is 0.373 e. The highest BCUT2D eigenvalue weighted by atomic mass is 16.5. The van der Waals surface area contributed by atoms with Gasteiger partial charge >= 0.3 is 0 Å². The van der Waals surface area contributed by atoms with E-state index in [1.54, 1.807) is 4.90 Å². The van der Waals surface area contributed by atoms with Crippen LogP contribution in [0.5, 0.6) is 0 Å². The average molecular weight is 328 g/mol. The molecule has 2 aliphatic heterocycles. The summed E-state index contributed by atoms with van der Waals surface area (Å²) in [5.74, 6) is -0.412. The van der Waals surface area contributed by atoms with Gasteiger partial charge in [-0.25, -0.2) is 0 Å². The summed E-state index contributed by atoms with van der Waals surface area (Å²) in [7, 11) is 0. The number of hydrogen-bond acceptors (Lipinski definition) is 3. The van der Waals surface area contributed by atoms with Crippen LogP contribution in [-0.4, -0.2) is 36.6 Å². The number of benzene rings is 1. The lowest BCUT2D eigenvalue weighted by atomic mass is 9.95. The summed E-state index contributed by atoms with van der Waals surface area (Å²) in [5.41, 5.74) is 1.72. The van der Waals surface area contributed by atoms with Gasteiger partial charge < -0.3 is 15.0 Å². The Kier molecular flexibility index (Phi) is 4.71. The van der Waals surface area contributed by atoms with Gasteiger partial charge in [0, 0.05) is 18.3 Å². The number of para-hydroxylation sites is 1. The van der Waals surface area contributed by atoms with E-state index in [2.05, 4.69) is 11.9 Å². The van der Waals surface area contributed by atoms with E-state index in [1.165, 1.54) is 0 Å². The zero-order valence-corrected chi connectivity index (χ0v) is 14.2. The van der Waals surface area contributed by atoms with Gasteiger partial charge in [0.05, 0.1) is 12.0 Å². The van der Waals surface area contributed by atoms with E-state index in [1.807, 2.05) is 44.2 Å². The quantitative estimate of drug-likeness (QED) is 0.863. The summed E-state index contributed by atoms with van der Waals surface area (Å²) in [6.45, 7) is 8.33. The number of nitrogens with one attached hydrogen (secondary N) is 1. The van der Waals surface area contributed by atoms with Crippen molar-refractivity contribution in [1.82, 2.24) is 5.32 Å². The van der Waals surface area contributed by atoms with Crippen LogP contribution in [0.2, 0.25) is 0 Å². The normalized spacial score (nSPS) is 29.8. The Bertz CT molecular complexity index is 643. The second-order valence-corrected chi connectivity index (χ2v) is 6.72. The molecule has 1 N–H and O–H groups in total. The number of anilines is 1. The summed E-state index contributed by atoms with van der Waals surface area (Å²) >= 11 is 0. The molecule has 128 valence electrons. The molecule has 2 heterocycles. The second-order valence-electron chi connectivity index (χ2n) is 6.72. The van der Waals surface area contributed by atoms with Crippen molar-refractivity contribution in [3.63, 3.8) is 0 Å². The number of hydrogen-bond donors (Lipinski definition) is 1. The first-order valence-corrected chi connectivity index (χ1v) is 8.44. The standard InChI is InChI=1S/C19H24N2O3/c1-12(2)17-15(9-10-24-17)18(22)20-16-11-13(3)21(19(16)23)14-7-5-4-6-8-14/h4-8,13,15-17H,1,9-11H2,2-3H3,(H,20,22)/t13-,15-,16+,17-/m1/s1. The molecule has 2 fully saturated rings. The Morgan fingerprint density at radius 1 is 1.33 bits per heavy atom. The maximum Gasteiger partial charge on any atom is 0.249 e. The minimum atomic E-state index is -0.473. The smallest absolute Gasteiger partial charge is 0.249 e. The van der Waals surface area contributed by atoms with Crippen molar-refractivity contribution >= 4 is 17.5 Å². The molecule has 5 nitrogen and oxygen atoms in total. The predicted molar refractivity (Wildman–Crippen MR) is 92.6 cm³/mol. The number of amides is 2. The van der Waals surface area contributed by atoms with Gasteiger partial charge in [0.1, 0.15) is 6.04 Å². The third-order valence-electron chi connectivity index (χ3n) is 4.82. The van der Waals surface area contributed by atoms with Crippen LogP contribution < -0.4 is 10.2 Å². The van der Waals surface area contributed by atoms with Gasteiger partial charge in [0.25, 0.3) is 0 Å². The highest BCUT2D eigenvalue weighted by Crippen LogP contribution is 2.29. The van der Waals surface area contributed by atoms with E-state index in [4.69, 9.17) is 4.74 Å². The van der Waals surface area contributed by atoms with Crippen LogP contribution in [0.15, 0.2) is 42.5 Å². The lowest BCUT2D eigenvalue weighted by Crippen LogP contribution is -2.45. The lowest BCUT2D eigenvalue weighted by molar-refractivity contribution is -0.130. The molecule has 5 heteroatoms. The molecular weight excluding hydrogens is 304 g/mol. The second kappa shape index (κ2) is 6.77. The molecule has 2 saturated heterocycles. The Morgan fingerprint density at radius 2 is 2.04 bits per heavy atom. The Morgan fingerprint density at radius 3 is 2.71 bits per heavy atom. The van der Waals surface area contributed by atoms with E-state index in [0.29, 0.717) is 19.4 Å². The fourth-order valence-electron chi connectivity index (χ4n) is 3.65. The van der Waals surface area contributed by atoms with E-state index in [-0.39, 0.29) is 29.9 Å². The van der Waals surface area contributed by atoms with Crippen LogP contribution in [0, 0.1) is 5.92 Å². The summed E-state index contributed by atoms with van der Waals surface area (Å²) in [6.07, 6.45) is 1.04. The molecule has 1 aromatic carbocycles. The molecule has 4 atom stereocenters. The Labute approximate surface area is 142 Å². The van der Waals surface area contributed by atoms with Crippen molar-refractivity contribution in [2.24, 2.45) is 5.92 Å². The molecule has 0 spiro atoms. The highest BCUT2D eigenvalue weighted by Gasteiger charge is 2.41. The van der Waals surface area contributed by atoms with Gasteiger partial charge in [-0.05, 0) is 38.8 Å². The zero-order valence-electron chi connectivity index (χ0n) is 14.2. The van der Waals surface area contributed by atoms with E-state index in [9.17, 15) is 9.59 Å². The maximum atomic E-state index is 12.7. The number of nitrogens with zero attached hydrogens (tertiary/aromatic N) is 1. The first kappa shape index (κ1) is 16.7. The summed E-state index contributed by atoms with van der Waals surface area (Å²) in [5, 5.41) is 2.93. The van der Waals surface area contributed by atoms with Crippen LogP contribution in [0.3, 0.4) is 0 Å². The van der Waals surface area contributed by atoms with Crippen molar-refractivity contribution < 1.29 is 14.3 Å². The molecule has 0 bridgehead atoms. The van der Waals surface area contributed by atoms with Crippen molar-refractivity contribution in [3.8, 4) is 0 Å². The number of carbonyl (C=O) groups excluding carboxylic acids is 2. The van der Waals surface area contributed by atoms with Crippen LogP contribution >= 0.6 is 0 Å². The third kappa shape index (κ3) is 3.08. The molecule has 0 unspecified atom stereocenters. The zero-order chi connectivity index (χ0) is 17.3. The summed E-state index contributed by atoms with van der Waals surface area (Å²) in [4.78, 5) is 27.1. The maximum absolute atomic E-state index is 12.7. The molecule has 2 amide bonds. The van der Waals surface area contributed by atoms with Crippen molar-refractivity contribution in [2.45, 2.75) is 44.9 Å². The molecular formula is C19H24N2O3. The highest BCUT2D eigenvalue weighted by molar-refractivity contribution is 6.02. The fraction of sp³-hybridized carbons (Fsp3) is 0.474. The number of rotatable bonds is 4. The van der Waals surface area contributed by atoms with Gasteiger partial charge in [-0.15, -0.1) is 0 Å². The van der Waals surface area contributed by atoms with Crippen LogP contribution in [-0.2, 0) is 14.3 Å². The molecule has 24 heavy (non-hydrogen) atoms. The van der Waals surface area contributed by atoms with Gasteiger partial charge in [-0.1, -0.05) is 30.4 Å². The lowest BCUT2D eigenvalue weighted by Gasteiger charge is -2.22. The molecule has 3 rings (SSSR count). The first-order valence-electron chi connectivity index (χ1n) is 8.44. The van der Waals surface area contributed by atoms with Crippen molar-refractivity contribution in [1.29, 1.82) is 0 Å².